The highest BCUT2D eigenvalue weighted by Crippen LogP contribution is 2.28. The monoisotopic (exact) mass is 462 g/mol. The lowest BCUT2D eigenvalue weighted by Gasteiger charge is -2.10. The van der Waals surface area contributed by atoms with Crippen molar-refractivity contribution >= 4 is 29.5 Å². The molecular weight excluding hydrogens is 440 g/mol. The number of amides is 1. The van der Waals surface area contributed by atoms with Crippen LogP contribution in [0.5, 0.6) is 11.5 Å². The molecule has 0 spiro atoms. The van der Waals surface area contributed by atoms with Gasteiger partial charge in [0.2, 0.25) is 0 Å². The summed E-state index contributed by atoms with van der Waals surface area (Å²) in [7, 11) is 1.41. The number of methoxy groups -OCH3 is 1. The van der Waals surface area contributed by atoms with E-state index in [0.717, 1.165) is 11.3 Å². The van der Waals surface area contributed by atoms with Gasteiger partial charge in [0.15, 0.2) is 11.5 Å². The number of ether oxygens (including phenoxy) is 2. The third-order valence-electron chi connectivity index (χ3n) is 4.61. The van der Waals surface area contributed by atoms with Crippen LogP contribution in [0.2, 0.25) is 0 Å². The summed E-state index contributed by atoms with van der Waals surface area (Å²) in [4.78, 5) is 34.5. The molecule has 10 nitrogen and oxygen atoms in total. The van der Waals surface area contributed by atoms with E-state index in [1.807, 2.05) is 31.2 Å². The molecule has 0 aliphatic carbocycles. The summed E-state index contributed by atoms with van der Waals surface area (Å²) in [5, 5.41) is 17.7. The van der Waals surface area contributed by atoms with Crippen molar-refractivity contribution in [1.82, 2.24) is 5.43 Å². The number of nitrogens with one attached hydrogen (secondary N) is 2. The van der Waals surface area contributed by atoms with Gasteiger partial charge in [0.1, 0.15) is 0 Å². The van der Waals surface area contributed by atoms with Crippen LogP contribution >= 0.6 is 0 Å². The first-order valence-electron chi connectivity index (χ1n) is 10.1. The predicted octanol–water partition coefficient (Wildman–Crippen LogP) is 3.69. The van der Waals surface area contributed by atoms with Crippen molar-refractivity contribution in [1.29, 1.82) is 0 Å². The lowest BCUT2D eigenvalue weighted by molar-refractivity contribution is -0.384. The zero-order chi connectivity index (χ0) is 24.5. The van der Waals surface area contributed by atoms with Crippen LogP contribution in [0, 0.1) is 17.0 Å². The molecule has 0 radical (unpaired) electrons. The fraction of sp³-hybridized carbons (Fsp3) is 0.125. The molecule has 0 aliphatic rings. The first-order valence-corrected chi connectivity index (χ1v) is 10.1. The Kier molecular flexibility index (Phi) is 7.90. The number of hydrogen-bond acceptors (Lipinski definition) is 8. The quantitative estimate of drug-likeness (QED) is 0.163. The topological polar surface area (TPSA) is 132 Å². The van der Waals surface area contributed by atoms with Gasteiger partial charge in [0.25, 0.3) is 11.6 Å². The average molecular weight is 462 g/mol. The number of anilines is 1. The average Bonchev–Trinajstić information content (AvgIpc) is 2.84. The molecule has 0 saturated carbocycles. The number of hydrogen-bond donors (Lipinski definition) is 2. The van der Waals surface area contributed by atoms with E-state index < -0.39 is 10.9 Å². The zero-order valence-corrected chi connectivity index (χ0v) is 18.5. The fourth-order valence-electron chi connectivity index (χ4n) is 2.80. The van der Waals surface area contributed by atoms with Crippen molar-refractivity contribution < 1.29 is 24.0 Å². The van der Waals surface area contributed by atoms with Gasteiger partial charge in [0, 0.05) is 17.8 Å². The highest BCUT2D eigenvalue weighted by atomic mass is 16.6. The van der Waals surface area contributed by atoms with E-state index in [0.29, 0.717) is 5.56 Å². The molecule has 174 valence electrons. The molecule has 0 heterocycles. The number of esters is 1. The predicted molar refractivity (Wildman–Crippen MR) is 126 cm³/mol. The third-order valence-corrected chi connectivity index (χ3v) is 4.61. The van der Waals surface area contributed by atoms with Crippen LogP contribution in [0.3, 0.4) is 0 Å². The van der Waals surface area contributed by atoms with Gasteiger partial charge in [-0.1, -0.05) is 17.7 Å². The van der Waals surface area contributed by atoms with E-state index >= 15 is 0 Å². The van der Waals surface area contributed by atoms with E-state index in [1.165, 1.54) is 43.7 Å². The Morgan fingerprint density at radius 2 is 1.74 bits per heavy atom. The summed E-state index contributed by atoms with van der Waals surface area (Å²) in [6, 6.07) is 17.4. The molecule has 34 heavy (non-hydrogen) atoms. The molecule has 3 aromatic rings. The zero-order valence-electron chi connectivity index (χ0n) is 18.5. The Labute approximate surface area is 195 Å². The molecule has 10 heteroatoms. The second-order valence-electron chi connectivity index (χ2n) is 7.12. The number of non-ortho nitro benzene ring substituents is 1. The Morgan fingerprint density at radius 1 is 1.03 bits per heavy atom. The third kappa shape index (κ3) is 6.63. The minimum Gasteiger partial charge on any atom is -0.493 e. The first kappa shape index (κ1) is 23.9. The number of nitro benzene ring substituents is 1. The molecule has 0 unspecified atom stereocenters. The molecule has 3 rings (SSSR count). The van der Waals surface area contributed by atoms with Gasteiger partial charge < -0.3 is 14.8 Å². The Hall–Kier alpha value is -4.73. The maximum atomic E-state index is 12.3. The standard InChI is InChI=1S/C24H22N4O6/c1-16-3-8-19(9-4-16)25-15-23(29)27-26-14-17-5-12-21(22(13-17)33-2)34-24(30)18-6-10-20(11-7-18)28(31)32/h3-14,25H,15H2,1-2H3,(H,27,29). The van der Waals surface area contributed by atoms with Gasteiger partial charge in [-0.3, -0.25) is 14.9 Å². The Morgan fingerprint density at radius 3 is 2.38 bits per heavy atom. The highest BCUT2D eigenvalue weighted by molar-refractivity contribution is 5.92. The molecule has 1 amide bonds. The second-order valence-corrected chi connectivity index (χ2v) is 7.12. The van der Waals surface area contributed by atoms with Gasteiger partial charge in [-0.05, 0) is 55.0 Å². The van der Waals surface area contributed by atoms with Crippen molar-refractivity contribution in [2.75, 3.05) is 19.0 Å². The minimum atomic E-state index is -0.692. The maximum absolute atomic E-state index is 12.3. The largest absolute Gasteiger partial charge is 0.493 e. The number of nitro groups is 1. The number of hydrazone groups is 1. The van der Waals surface area contributed by atoms with E-state index in [4.69, 9.17) is 9.47 Å². The summed E-state index contributed by atoms with van der Waals surface area (Å²) in [5.41, 5.74) is 5.00. The molecule has 0 aliphatic heterocycles. The highest BCUT2D eigenvalue weighted by Gasteiger charge is 2.14. The van der Waals surface area contributed by atoms with Gasteiger partial charge in [-0.25, -0.2) is 10.2 Å². The van der Waals surface area contributed by atoms with Crippen molar-refractivity contribution in [2.45, 2.75) is 6.92 Å². The van der Waals surface area contributed by atoms with E-state index in [-0.39, 0.29) is 35.2 Å². The molecule has 0 fully saturated rings. The van der Waals surface area contributed by atoms with Gasteiger partial charge in [0.05, 0.1) is 30.4 Å². The van der Waals surface area contributed by atoms with Crippen LogP contribution < -0.4 is 20.2 Å². The van der Waals surface area contributed by atoms with E-state index in [1.54, 1.807) is 12.1 Å². The number of benzene rings is 3. The Balaban J connectivity index is 1.56. The number of rotatable bonds is 9. The fourth-order valence-corrected chi connectivity index (χ4v) is 2.80. The lowest BCUT2D eigenvalue weighted by atomic mass is 10.2. The molecule has 0 saturated heterocycles. The van der Waals surface area contributed by atoms with Crippen molar-refractivity contribution in [3.63, 3.8) is 0 Å². The summed E-state index contributed by atoms with van der Waals surface area (Å²) >= 11 is 0. The molecule has 3 aromatic carbocycles. The number of nitrogens with zero attached hydrogens (tertiary/aromatic N) is 2. The number of aryl methyl sites for hydroxylation is 1. The van der Waals surface area contributed by atoms with E-state index in [2.05, 4.69) is 15.8 Å². The molecular formula is C24H22N4O6. The van der Waals surface area contributed by atoms with Crippen molar-refractivity contribution in [2.24, 2.45) is 5.10 Å². The summed E-state index contributed by atoms with van der Waals surface area (Å²) in [5.74, 6) is -0.582. The van der Waals surface area contributed by atoms with E-state index in [9.17, 15) is 19.7 Å². The summed E-state index contributed by atoms with van der Waals surface area (Å²) < 4.78 is 10.6. The Bertz CT molecular complexity index is 1210. The normalized spacial score (nSPS) is 10.5. The van der Waals surface area contributed by atoms with Crippen molar-refractivity contribution in [3.8, 4) is 11.5 Å². The van der Waals surface area contributed by atoms with Crippen LogP contribution in [0.25, 0.3) is 0 Å². The molecule has 0 bridgehead atoms. The number of carbonyl (C=O) groups excluding carboxylic acids is 2. The molecule has 0 aromatic heterocycles. The summed E-state index contributed by atoms with van der Waals surface area (Å²) in [6.07, 6.45) is 1.42. The van der Waals surface area contributed by atoms with Crippen molar-refractivity contribution in [3.05, 3.63) is 93.5 Å². The second kappa shape index (κ2) is 11.2. The van der Waals surface area contributed by atoms with Crippen LogP contribution in [-0.4, -0.2) is 36.7 Å². The van der Waals surface area contributed by atoms with Gasteiger partial charge in [-0.15, -0.1) is 0 Å². The van der Waals surface area contributed by atoms with Gasteiger partial charge >= 0.3 is 5.97 Å². The minimum absolute atomic E-state index is 0.0568. The van der Waals surface area contributed by atoms with Crippen LogP contribution in [-0.2, 0) is 4.79 Å². The molecule has 2 N–H and O–H groups in total. The molecule has 0 atom stereocenters. The van der Waals surface area contributed by atoms with Gasteiger partial charge in [-0.2, -0.15) is 5.10 Å². The maximum Gasteiger partial charge on any atom is 0.343 e. The first-order chi connectivity index (χ1) is 16.4. The SMILES string of the molecule is COc1cc(C=NNC(=O)CNc2ccc(C)cc2)ccc1OC(=O)c1ccc([N+](=O)[O-])cc1. The summed E-state index contributed by atoms with van der Waals surface area (Å²) in [6.45, 7) is 2.04. The van der Waals surface area contributed by atoms with Crippen LogP contribution in [0.4, 0.5) is 11.4 Å². The number of carbonyl (C=O) groups is 2. The van der Waals surface area contributed by atoms with Crippen LogP contribution in [0.1, 0.15) is 21.5 Å². The lowest BCUT2D eigenvalue weighted by Crippen LogP contribution is -2.25. The smallest absolute Gasteiger partial charge is 0.343 e. The van der Waals surface area contributed by atoms with Crippen LogP contribution in [0.15, 0.2) is 71.8 Å².